The topological polar surface area (TPSA) is 71.3 Å². The van der Waals surface area contributed by atoms with Crippen LogP contribution in [0.4, 0.5) is 11.4 Å². The first-order valence-electron chi connectivity index (χ1n) is 10.6. The fraction of sp³-hybridized carbons (Fsp3) is 0.154. The highest BCUT2D eigenvalue weighted by Crippen LogP contribution is 2.44. The van der Waals surface area contributed by atoms with E-state index in [1.807, 2.05) is 47.8 Å². The molecule has 6 rings (SSSR count). The average molecular weight is 441 g/mol. The molecule has 0 amide bonds. The van der Waals surface area contributed by atoms with E-state index in [2.05, 4.69) is 16.7 Å². The van der Waals surface area contributed by atoms with Crippen LogP contribution < -0.4 is 16.1 Å². The number of allylic oxidation sites excluding steroid dienone is 1. The summed E-state index contributed by atoms with van der Waals surface area (Å²) in [6, 6.07) is 20.2. The summed E-state index contributed by atoms with van der Waals surface area (Å²) in [5.41, 5.74) is 3.71. The van der Waals surface area contributed by atoms with E-state index in [4.69, 9.17) is 4.42 Å². The molecule has 2 N–H and O–H groups in total. The molecule has 6 heteroatoms. The monoisotopic (exact) mass is 440 g/mol. The number of rotatable bonds is 2. The summed E-state index contributed by atoms with van der Waals surface area (Å²) in [6.07, 6.45) is 1.17. The summed E-state index contributed by atoms with van der Waals surface area (Å²) in [5.74, 6) is 0.657. The molecule has 5 nitrogen and oxygen atoms in total. The summed E-state index contributed by atoms with van der Waals surface area (Å²) in [7, 11) is 0. The first-order valence-corrected chi connectivity index (χ1v) is 11.5. The average Bonchev–Trinajstić information content (AvgIpc) is 3.28. The Morgan fingerprint density at radius 2 is 1.72 bits per heavy atom. The molecule has 2 aliphatic rings. The van der Waals surface area contributed by atoms with E-state index >= 15 is 0 Å². The lowest BCUT2D eigenvalue weighted by molar-refractivity contribution is -0.116. The molecule has 0 saturated heterocycles. The van der Waals surface area contributed by atoms with Crippen LogP contribution in [0.3, 0.4) is 0 Å². The Labute approximate surface area is 188 Å². The Balaban J connectivity index is 1.53. The molecule has 1 aliphatic carbocycles. The van der Waals surface area contributed by atoms with Crippen LogP contribution in [0.5, 0.6) is 0 Å². The minimum Gasteiger partial charge on any atom is -0.458 e. The number of thiophene rings is 1. The molecule has 3 heterocycles. The van der Waals surface area contributed by atoms with Crippen molar-refractivity contribution in [3.63, 3.8) is 0 Å². The molecule has 2 atom stereocenters. The Hall–Kier alpha value is -3.64. The van der Waals surface area contributed by atoms with E-state index in [1.54, 1.807) is 23.5 Å². The van der Waals surface area contributed by atoms with Crippen molar-refractivity contribution in [3.8, 4) is 0 Å². The maximum atomic E-state index is 13.5. The number of fused-ring (bicyclic) bond motifs is 2. The van der Waals surface area contributed by atoms with Crippen LogP contribution in [0, 0.1) is 0 Å². The standard InChI is InChI=1S/C26H20N2O3S/c29-20-14-23(31-22-9-4-1-6-16(20)22)26-25-19(27-17-7-2-3-8-18(17)28-26)12-15(13-21(25)30)24-10-5-11-32-24/h1-11,14-15,26-28H,12-13H2/t15-,26+/m0/s1. The zero-order valence-corrected chi connectivity index (χ0v) is 17.9. The Kier molecular flexibility index (Phi) is 4.47. The number of hydrogen-bond donors (Lipinski definition) is 2. The van der Waals surface area contributed by atoms with Gasteiger partial charge in [0.2, 0.25) is 0 Å². The van der Waals surface area contributed by atoms with Crippen LogP contribution >= 0.6 is 11.3 Å². The van der Waals surface area contributed by atoms with Gasteiger partial charge in [-0.25, -0.2) is 0 Å². The van der Waals surface area contributed by atoms with E-state index in [-0.39, 0.29) is 17.1 Å². The number of benzene rings is 2. The van der Waals surface area contributed by atoms with E-state index in [1.165, 1.54) is 10.9 Å². The summed E-state index contributed by atoms with van der Waals surface area (Å²) in [5, 5.41) is 9.57. The van der Waals surface area contributed by atoms with E-state index in [0.717, 1.165) is 23.5 Å². The molecular weight excluding hydrogens is 420 g/mol. The molecule has 158 valence electrons. The molecule has 0 unspecified atom stereocenters. The lowest BCUT2D eigenvalue weighted by Gasteiger charge is -2.28. The predicted octanol–water partition coefficient (Wildman–Crippen LogP) is 5.83. The smallest absolute Gasteiger partial charge is 0.193 e. The van der Waals surface area contributed by atoms with Crippen molar-refractivity contribution in [2.24, 2.45) is 0 Å². The highest BCUT2D eigenvalue weighted by atomic mass is 32.1. The van der Waals surface area contributed by atoms with Crippen LogP contribution in [0.15, 0.2) is 92.6 Å². The summed E-state index contributed by atoms with van der Waals surface area (Å²) >= 11 is 1.68. The van der Waals surface area contributed by atoms with Gasteiger partial charge in [0, 0.05) is 34.6 Å². The number of ketones is 1. The number of anilines is 2. The number of carbonyl (C=O) groups is 1. The van der Waals surface area contributed by atoms with Crippen molar-refractivity contribution >= 4 is 39.5 Å². The van der Waals surface area contributed by atoms with Crippen molar-refractivity contribution in [2.45, 2.75) is 24.8 Å². The molecule has 0 spiro atoms. The first-order chi connectivity index (χ1) is 15.7. The molecule has 32 heavy (non-hydrogen) atoms. The van der Waals surface area contributed by atoms with Crippen LogP contribution in [0.1, 0.15) is 35.4 Å². The molecule has 2 aromatic carbocycles. The largest absolute Gasteiger partial charge is 0.458 e. The van der Waals surface area contributed by atoms with Gasteiger partial charge < -0.3 is 15.1 Å². The molecular formula is C26H20N2O3S. The number of hydrogen-bond acceptors (Lipinski definition) is 6. The minimum absolute atomic E-state index is 0.0678. The van der Waals surface area contributed by atoms with Crippen molar-refractivity contribution in [1.82, 2.24) is 0 Å². The van der Waals surface area contributed by atoms with Gasteiger partial charge in [0.25, 0.3) is 0 Å². The van der Waals surface area contributed by atoms with Gasteiger partial charge >= 0.3 is 0 Å². The molecule has 0 bridgehead atoms. The second-order valence-electron chi connectivity index (χ2n) is 8.19. The highest BCUT2D eigenvalue weighted by molar-refractivity contribution is 7.10. The van der Waals surface area contributed by atoms with E-state index < -0.39 is 6.04 Å². The van der Waals surface area contributed by atoms with Crippen molar-refractivity contribution in [2.75, 3.05) is 10.6 Å². The molecule has 4 aromatic rings. The van der Waals surface area contributed by atoms with Gasteiger partial charge in [-0.3, -0.25) is 9.59 Å². The van der Waals surface area contributed by atoms with E-state index in [0.29, 0.717) is 28.7 Å². The van der Waals surface area contributed by atoms with Crippen molar-refractivity contribution in [3.05, 3.63) is 104 Å². The van der Waals surface area contributed by atoms with E-state index in [9.17, 15) is 9.59 Å². The van der Waals surface area contributed by atoms with Gasteiger partial charge in [0.1, 0.15) is 17.4 Å². The SMILES string of the molecule is O=C1C[C@@H](c2cccs2)CC2=C1[C@@H](c1cc(=O)c3ccccc3o1)Nc1ccccc1N2. The zero-order chi connectivity index (χ0) is 21.7. The van der Waals surface area contributed by atoms with Gasteiger partial charge in [-0.2, -0.15) is 0 Å². The molecule has 0 fully saturated rings. The third-order valence-electron chi connectivity index (χ3n) is 6.19. The maximum Gasteiger partial charge on any atom is 0.193 e. The zero-order valence-electron chi connectivity index (χ0n) is 17.1. The normalized spacial score (nSPS) is 20.2. The van der Waals surface area contributed by atoms with Gasteiger partial charge in [-0.05, 0) is 42.1 Å². The fourth-order valence-electron chi connectivity index (χ4n) is 4.70. The third kappa shape index (κ3) is 3.15. The number of carbonyl (C=O) groups excluding carboxylic acids is 1. The highest BCUT2D eigenvalue weighted by Gasteiger charge is 2.37. The van der Waals surface area contributed by atoms with Crippen LogP contribution in [-0.4, -0.2) is 5.78 Å². The van der Waals surface area contributed by atoms with Gasteiger partial charge in [-0.1, -0.05) is 30.3 Å². The minimum atomic E-state index is -0.546. The summed E-state index contributed by atoms with van der Waals surface area (Å²) in [6.45, 7) is 0. The van der Waals surface area contributed by atoms with Gasteiger partial charge in [0.05, 0.1) is 16.8 Å². The molecule has 2 aromatic heterocycles. The predicted molar refractivity (Wildman–Crippen MR) is 127 cm³/mol. The summed E-state index contributed by atoms with van der Waals surface area (Å²) in [4.78, 5) is 27.6. The number of nitrogens with one attached hydrogen (secondary N) is 2. The Bertz CT molecular complexity index is 1430. The van der Waals surface area contributed by atoms with Crippen LogP contribution in [-0.2, 0) is 4.79 Å². The Morgan fingerprint density at radius 3 is 2.56 bits per heavy atom. The fourth-order valence-corrected chi connectivity index (χ4v) is 5.53. The van der Waals surface area contributed by atoms with Gasteiger partial charge in [-0.15, -0.1) is 11.3 Å². The maximum absolute atomic E-state index is 13.5. The lowest BCUT2D eigenvalue weighted by atomic mass is 9.82. The quantitative estimate of drug-likeness (QED) is 0.410. The molecule has 0 saturated carbocycles. The number of Topliss-reactive ketones (excluding diaryl/α,β-unsaturated/α-hetero) is 1. The summed E-state index contributed by atoms with van der Waals surface area (Å²) < 4.78 is 6.17. The second-order valence-corrected chi connectivity index (χ2v) is 9.17. The molecule has 0 radical (unpaired) electrons. The van der Waals surface area contributed by atoms with Crippen molar-refractivity contribution < 1.29 is 9.21 Å². The molecule has 1 aliphatic heterocycles. The van der Waals surface area contributed by atoms with Crippen molar-refractivity contribution in [1.29, 1.82) is 0 Å². The number of para-hydroxylation sites is 3. The lowest BCUT2D eigenvalue weighted by Crippen LogP contribution is -2.27. The van der Waals surface area contributed by atoms with Crippen LogP contribution in [0.25, 0.3) is 11.0 Å². The Morgan fingerprint density at radius 1 is 0.906 bits per heavy atom. The third-order valence-corrected chi connectivity index (χ3v) is 7.23. The van der Waals surface area contributed by atoms with Gasteiger partial charge in [0.15, 0.2) is 11.2 Å². The second kappa shape index (κ2) is 7.50. The van der Waals surface area contributed by atoms with Crippen LogP contribution in [0.2, 0.25) is 0 Å². The first kappa shape index (κ1) is 19.1.